The summed E-state index contributed by atoms with van der Waals surface area (Å²) in [6.45, 7) is 10.7. The first kappa shape index (κ1) is 15.6. The Balaban J connectivity index is 2.51. The van der Waals surface area contributed by atoms with Gasteiger partial charge in [0.15, 0.2) is 5.82 Å². The minimum atomic E-state index is 0.0402. The lowest BCUT2D eigenvalue weighted by molar-refractivity contribution is 0.586. The molecule has 0 atom stereocenters. The van der Waals surface area contributed by atoms with E-state index in [1.54, 1.807) is 11.3 Å². The molecule has 0 aliphatic rings. The van der Waals surface area contributed by atoms with Crippen molar-refractivity contribution in [2.45, 2.75) is 46.0 Å². The van der Waals surface area contributed by atoms with Crippen LogP contribution in [0.1, 0.15) is 51.2 Å². The van der Waals surface area contributed by atoms with Crippen LogP contribution < -0.4 is 5.73 Å². The summed E-state index contributed by atoms with van der Waals surface area (Å²) in [6, 6.07) is 0. The zero-order valence-electron chi connectivity index (χ0n) is 12.4. The molecule has 108 valence electrons. The molecule has 0 radical (unpaired) electrons. The van der Waals surface area contributed by atoms with E-state index in [4.69, 9.17) is 5.73 Å². The average Bonchev–Trinajstić information content (AvgIpc) is 2.81. The van der Waals surface area contributed by atoms with Crippen LogP contribution in [0.3, 0.4) is 0 Å². The van der Waals surface area contributed by atoms with Crippen molar-refractivity contribution < 1.29 is 0 Å². The van der Waals surface area contributed by atoms with Crippen LogP contribution in [0, 0.1) is 3.57 Å². The Labute approximate surface area is 137 Å². The number of hydrogen-bond acceptors (Lipinski definition) is 5. The molecular formula is C14H19IN4S. The molecule has 2 aromatic heterocycles. The molecule has 4 nitrogen and oxygen atoms in total. The fourth-order valence-corrected chi connectivity index (χ4v) is 3.45. The maximum Gasteiger partial charge on any atom is 0.181 e. The van der Waals surface area contributed by atoms with Gasteiger partial charge in [0.2, 0.25) is 0 Å². The van der Waals surface area contributed by atoms with Crippen molar-refractivity contribution in [3.63, 3.8) is 0 Å². The van der Waals surface area contributed by atoms with Crippen molar-refractivity contribution in [1.82, 2.24) is 15.0 Å². The second kappa shape index (κ2) is 5.55. The molecule has 0 fully saturated rings. The summed E-state index contributed by atoms with van der Waals surface area (Å²) in [5.41, 5.74) is 7.84. The van der Waals surface area contributed by atoms with Crippen molar-refractivity contribution in [3.05, 3.63) is 19.7 Å². The number of thiazole rings is 1. The number of halogens is 1. The molecule has 0 saturated heterocycles. The van der Waals surface area contributed by atoms with Gasteiger partial charge in [-0.1, -0.05) is 34.6 Å². The third-order valence-corrected chi connectivity index (χ3v) is 5.20. The van der Waals surface area contributed by atoms with Crippen molar-refractivity contribution in [3.8, 4) is 11.5 Å². The van der Waals surface area contributed by atoms with Gasteiger partial charge in [-0.05, 0) is 28.5 Å². The lowest BCUT2D eigenvalue weighted by atomic mass is 9.98. The van der Waals surface area contributed by atoms with Crippen LogP contribution in [0.4, 0.5) is 5.82 Å². The molecule has 6 heteroatoms. The molecule has 2 heterocycles. The number of nitrogen functional groups attached to an aromatic ring is 1. The topological polar surface area (TPSA) is 64.7 Å². The van der Waals surface area contributed by atoms with Gasteiger partial charge in [-0.2, -0.15) is 0 Å². The van der Waals surface area contributed by atoms with Gasteiger partial charge >= 0.3 is 0 Å². The third kappa shape index (κ3) is 3.11. The summed E-state index contributed by atoms with van der Waals surface area (Å²) in [4.78, 5) is 13.7. The highest BCUT2D eigenvalue weighted by molar-refractivity contribution is 14.1. The molecule has 0 amide bonds. The number of nitrogens with zero attached hydrogens (tertiary/aromatic N) is 3. The fourth-order valence-electron chi connectivity index (χ4n) is 1.70. The largest absolute Gasteiger partial charge is 0.383 e. The van der Waals surface area contributed by atoms with Crippen LogP contribution in [-0.4, -0.2) is 15.0 Å². The Morgan fingerprint density at radius 2 is 1.85 bits per heavy atom. The molecule has 0 unspecified atom stereocenters. The first-order valence-corrected chi connectivity index (χ1v) is 8.45. The van der Waals surface area contributed by atoms with E-state index in [9.17, 15) is 0 Å². The normalized spacial score (nSPS) is 12.2. The van der Waals surface area contributed by atoms with Gasteiger partial charge in [0.05, 0.1) is 14.3 Å². The standard InChI is InChI=1S/C14H19IN4S/c1-7(2)10-9(15)11(16)19-12(18-10)8-6-20-13(17-8)14(3,4)5/h6-7H,1-5H3,(H2,16,18,19). The van der Waals surface area contributed by atoms with Crippen LogP contribution >= 0.6 is 33.9 Å². The molecule has 2 aromatic rings. The number of aromatic nitrogens is 3. The van der Waals surface area contributed by atoms with Crippen molar-refractivity contribution >= 4 is 39.7 Å². The Hall–Kier alpha value is -0.760. The zero-order valence-corrected chi connectivity index (χ0v) is 15.3. The number of rotatable bonds is 2. The Morgan fingerprint density at radius 1 is 1.20 bits per heavy atom. The second-order valence-electron chi connectivity index (χ2n) is 6.07. The Kier molecular flexibility index (Phi) is 4.34. The summed E-state index contributed by atoms with van der Waals surface area (Å²) >= 11 is 3.85. The van der Waals surface area contributed by atoms with Gasteiger partial charge in [0.1, 0.15) is 11.5 Å². The van der Waals surface area contributed by atoms with Crippen LogP contribution in [0.25, 0.3) is 11.5 Å². The number of nitrogens with two attached hydrogens (primary N) is 1. The van der Waals surface area contributed by atoms with Crippen molar-refractivity contribution in [1.29, 1.82) is 0 Å². The maximum absolute atomic E-state index is 6.01. The van der Waals surface area contributed by atoms with Crippen LogP contribution in [0.15, 0.2) is 5.38 Å². The second-order valence-corrected chi connectivity index (χ2v) is 8.01. The molecule has 2 N–H and O–H groups in total. The van der Waals surface area contributed by atoms with E-state index in [0.717, 1.165) is 20.0 Å². The monoisotopic (exact) mass is 402 g/mol. The summed E-state index contributed by atoms with van der Waals surface area (Å²) < 4.78 is 0.938. The van der Waals surface area contributed by atoms with E-state index in [2.05, 4.69) is 72.2 Å². The first-order valence-electron chi connectivity index (χ1n) is 6.49. The summed E-state index contributed by atoms with van der Waals surface area (Å²) in [5, 5.41) is 3.09. The molecule has 0 aromatic carbocycles. The maximum atomic E-state index is 6.01. The molecule has 0 bridgehead atoms. The van der Waals surface area contributed by atoms with Crippen molar-refractivity contribution in [2.75, 3.05) is 5.73 Å². The predicted molar refractivity (Wildman–Crippen MR) is 93.1 cm³/mol. The van der Waals surface area contributed by atoms with Gasteiger partial charge in [-0.25, -0.2) is 15.0 Å². The highest BCUT2D eigenvalue weighted by Gasteiger charge is 2.20. The van der Waals surface area contributed by atoms with Gasteiger partial charge < -0.3 is 5.73 Å². The van der Waals surface area contributed by atoms with Crippen LogP contribution in [0.5, 0.6) is 0 Å². The van der Waals surface area contributed by atoms with E-state index in [-0.39, 0.29) is 5.41 Å². The highest BCUT2D eigenvalue weighted by atomic mass is 127. The summed E-state index contributed by atoms with van der Waals surface area (Å²) in [7, 11) is 0. The molecule has 0 aliphatic heterocycles. The van der Waals surface area contributed by atoms with E-state index < -0.39 is 0 Å². The molecule has 20 heavy (non-hydrogen) atoms. The zero-order chi connectivity index (χ0) is 15.1. The Morgan fingerprint density at radius 3 is 2.35 bits per heavy atom. The van der Waals surface area contributed by atoms with E-state index >= 15 is 0 Å². The highest BCUT2D eigenvalue weighted by Crippen LogP contribution is 2.31. The first-order chi connectivity index (χ1) is 9.20. The smallest absolute Gasteiger partial charge is 0.181 e. The molecule has 0 spiro atoms. The lowest BCUT2D eigenvalue weighted by Crippen LogP contribution is -2.10. The molecule has 2 rings (SSSR count). The summed E-state index contributed by atoms with van der Waals surface area (Å²) in [5.74, 6) is 1.47. The van der Waals surface area contributed by atoms with Gasteiger partial charge in [0, 0.05) is 10.8 Å². The average molecular weight is 402 g/mol. The predicted octanol–water partition coefficient (Wildman–Crippen LogP) is 4.21. The van der Waals surface area contributed by atoms with Crippen LogP contribution in [-0.2, 0) is 5.41 Å². The summed E-state index contributed by atoms with van der Waals surface area (Å²) in [6.07, 6.45) is 0. The van der Waals surface area contributed by atoms with Crippen LogP contribution in [0.2, 0.25) is 0 Å². The molecular weight excluding hydrogens is 383 g/mol. The Bertz CT molecular complexity index is 629. The SMILES string of the molecule is CC(C)c1nc(-c2csc(C(C)(C)C)n2)nc(N)c1I. The van der Waals surface area contributed by atoms with E-state index in [0.29, 0.717) is 17.6 Å². The van der Waals surface area contributed by atoms with E-state index in [1.165, 1.54) is 0 Å². The number of anilines is 1. The quantitative estimate of drug-likeness (QED) is 0.765. The van der Waals surface area contributed by atoms with Gasteiger partial charge in [0.25, 0.3) is 0 Å². The van der Waals surface area contributed by atoms with Gasteiger partial charge in [-0.3, -0.25) is 0 Å². The van der Waals surface area contributed by atoms with E-state index in [1.807, 2.05) is 5.38 Å². The molecule has 0 saturated carbocycles. The van der Waals surface area contributed by atoms with Crippen molar-refractivity contribution in [2.24, 2.45) is 0 Å². The third-order valence-electron chi connectivity index (χ3n) is 2.82. The minimum Gasteiger partial charge on any atom is -0.383 e. The fraction of sp³-hybridized carbons (Fsp3) is 0.500. The molecule has 0 aliphatic carbocycles. The minimum absolute atomic E-state index is 0.0402. The van der Waals surface area contributed by atoms with Gasteiger partial charge in [-0.15, -0.1) is 11.3 Å². The number of hydrogen-bond donors (Lipinski definition) is 1. The lowest BCUT2D eigenvalue weighted by Gasteiger charge is -2.13.